The third kappa shape index (κ3) is 5.61. The Labute approximate surface area is 123 Å². The normalized spacial score (nSPS) is 18.1. The van der Waals surface area contributed by atoms with Gasteiger partial charge in [0.25, 0.3) is 0 Å². The topological polar surface area (TPSA) is 32.5 Å². The molecule has 1 aliphatic heterocycles. The van der Waals surface area contributed by atoms with Crippen LogP contribution in [0.2, 0.25) is 0 Å². The molecule has 112 valence electrons. The van der Waals surface area contributed by atoms with Crippen molar-refractivity contribution in [3.8, 4) is 0 Å². The number of aryl methyl sites for hydroxylation is 1. The van der Waals surface area contributed by atoms with Gasteiger partial charge in [-0.25, -0.2) is 0 Å². The molecule has 0 bridgehead atoms. The molecule has 1 aliphatic rings. The predicted octanol–water partition coefficient (Wildman–Crippen LogP) is 1.98. The summed E-state index contributed by atoms with van der Waals surface area (Å²) < 4.78 is 0. The summed E-state index contributed by atoms with van der Waals surface area (Å²) in [5, 5.41) is 0. The molecule has 0 spiro atoms. The minimum Gasteiger partial charge on any atom is -0.329 e. The van der Waals surface area contributed by atoms with Crippen molar-refractivity contribution in [3.05, 3.63) is 35.9 Å². The van der Waals surface area contributed by atoms with Crippen molar-refractivity contribution in [2.24, 2.45) is 5.73 Å². The van der Waals surface area contributed by atoms with Crippen molar-refractivity contribution in [1.29, 1.82) is 0 Å². The average Bonchev–Trinajstić information content (AvgIpc) is 2.71. The summed E-state index contributed by atoms with van der Waals surface area (Å²) in [6.45, 7) is 7.98. The minimum atomic E-state index is 0.789. The maximum atomic E-state index is 5.64. The first kappa shape index (κ1) is 15.5. The quantitative estimate of drug-likeness (QED) is 0.772. The second-order valence-electron chi connectivity index (χ2n) is 5.77. The lowest BCUT2D eigenvalue weighted by molar-refractivity contribution is 0.257. The van der Waals surface area contributed by atoms with Gasteiger partial charge in [0.15, 0.2) is 0 Å². The van der Waals surface area contributed by atoms with E-state index in [0.29, 0.717) is 0 Å². The summed E-state index contributed by atoms with van der Waals surface area (Å²) >= 11 is 0. The van der Waals surface area contributed by atoms with E-state index in [1.54, 1.807) is 0 Å². The van der Waals surface area contributed by atoms with Crippen LogP contribution in [0.5, 0.6) is 0 Å². The number of benzene rings is 1. The molecular weight excluding hydrogens is 246 g/mol. The molecule has 3 nitrogen and oxygen atoms in total. The van der Waals surface area contributed by atoms with Crippen LogP contribution in [-0.4, -0.2) is 55.6 Å². The fraction of sp³-hybridized carbons (Fsp3) is 0.647. The zero-order chi connectivity index (χ0) is 14.0. The molecule has 20 heavy (non-hydrogen) atoms. The molecule has 0 aliphatic carbocycles. The number of rotatable bonds is 7. The molecule has 1 fully saturated rings. The SMILES string of the molecule is NCCN1CCCN(CCCCc2ccccc2)CC1. The molecule has 0 saturated carbocycles. The van der Waals surface area contributed by atoms with Crippen molar-refractivity contribution in [3.63, 3.8) is 0 Å². The molecule has 1 heterocycles. The Morgan fingerprint density at radius 3 is 2.25 bits per heavy atom. The van der Waals surface area contributed by atoms with Gasteiger partial charge in [-0.2, -0.15) is 0 Å². The van der Waals surface area contributed by atoms with Crippen LogP contribution in [-0.2, 0) is 6.42 Å². The second kappa shape index (κ2) is 9.11. The average molecular weight is 275 g/mol. The van der Waals surface area contributed by atoms with Crippen molar-refractivity contribution in [2.75, 3.05) is 45.8 Å². The maximum absolute atomic E-state index is 5.64. The van der Waals surface area contributed by atoms with Gasteiger partial charge < -0.3 is 15.5 Å². The van der Waals surface area contributed by atoms with Crippen LogP contribution in [0.1, 0.15) is 24.8 Å². The lowest BCUT2D eigenvalue weighted by atomic mass is 10.1. The third-order valence-electron chi connectivity index (χ3n) is 4.16. The first-order valence-corrected chi connectivity index (χ1v) is 8.07. The van der Waals surface area contributed by atoms with E-state index in [1.807, 2.05) is 0 Å². The maximum Gasteiger partial charge on any atom is 0.0110 e. The van der Waals surface area contributed by atoms with Gasteiger partial charge >= 0.3 is 0 Å². The Morgan fingerprint density at radius 1 is 0.850 bits per heavy atom. The summed E-state index contributed by atoms with van der Waals surface area (Å²) in [5.41, 5.74) is 7.11. The van der Waals surface area contributed by atoms with Crippen LogP contribution in [0.25, 0.3) is 0 Å². The fourth-order valence-electron chi connectivity index (χ4n) is 2.96. The molecule has 2 rings (SSSR count). The van der Waals surface area contributed by atoms with E-state index in [1.165, 1.54) is 64.0 Å². The highest BCUT2D eigenvalue weighted by molar-refractivity contribution is 5.14. The van der Waals surface area contributed by atoms with Crippen molar-refractivity contribution in [2.45, 2.75) is 25.7 Å². The van der Waals surface area contributed by atoms with E-state index in [4.69, 9.17) is 5.73 Å². The standard InChI is InChI=1S/C17H29N3/c18-10-14-20-13-6-12-19(15-16-20)11-5-4-9-17-7-2-1-3-8-17/h1-3,7-8H,4-6,9-16,18H2. The van der Waals surface area contributed by atoms with Gasteiger partial charge in [-0.3, -0.25) is 0 Å². The summed E-state index contributed by atoms with van der Waals surface area (Å²) in [6, 6.07) is 10.8. The number of unbranched alkanes of at least 4 members (excludes halogenated alkanes) is 1. The van der Waals surface area contributed by atoms with Crippen molar-refractivity contribution >= 4 is 0 Å². The Bertz CT molecular complexity index is 353. The molecule has 1 aromatic carbocycles. The fourth-order valence-corrected chi connectivity index (χ4v) is 2.96. The Balaban J connectivity index is 1.60. The largest absolute Gasteiger partial charge is 0.329 e. The molecule has 0 aromatic heterocycles. The van der Waals surface area contributed by atoms with E-state index < -0.39 is 0 Å². The number of nitrogens with two attached hydrogens (primary N) is 1. The molecule has 0 unspecified atom stereocenters. The Hall–Kier alpha value is -0.900. The van der Waals surface area contributed by atoms with E-state index in [0.717, 1.165) is 13.1 Å². The highest BCUT2D eigenvalue weighted by Crippen LogP contribution is 2.07. The van der Waals surface area contributed by atoms with Crippen LogP contribution in [0.15, 0.2) is 30.3 Å². The number of hydrogen-bond acceptors (Lipinski definition) is 3. The number of nitrogens with zero attached hydrogens (tertiary/aromatic N) is 2. The van der Waals surface area contributed by atoms with Gasteiger partial charge in [0.2, 0.25) is 0 Å². The highest BCUT2D eigenvalue weighted by Gasteiger charge is 2.13. The lowest BCUT2D eigenvalue weighted by Crippen LogP contribution is -2.34. The van der Waals surface area contributed by atoms with E-state index in [-0.39, 0.29) is 0 Å². The van der Waals surface area contributed by atoms with Gasteiger partial charge in [-0.15, -0.1) is 0 Å². The van der Waals surface area contributed by atoms with E-state index in [2.05, 4.69) is 40.1 Å². The van der Waals surface area contributed by atoms with Crippen molar-refractivity contribution in [1.82, 2.24) is 9.80 Å². The first-order chi connectivity index (χ1) is 9.88. The van der Waals surface area contributed by atoms with Gasteiger partial charge in [-0.1, -0.05) is 30.3 Å². The van der Waals surface area contributed by atoms with E-state index in [9.17, 15) is 0 Å². The summed E-state index contributed by atoms with van der Waals surface area (Å²) in [5.74, 6) is 0. The van der Waals surface area contributed by atoms with Gasteiger partial charge in [-0.05, 0) is 50.9 Å². The lowest BCUT2D eigenvalue weighted by Gasteiger charge is -2.21. The van der Waals surface area contributed by atoms with Gasteiger partial charge in [0.1, 0.15) is 0 Å². The first-order valence-electron chi connectivity index (χ1n) is 8.07. The zero-order valence-electron chi connectivity index (χ0n) is 12.6. The smallest absolute Gasteiger partial charge is 0.0110 e. The van der Waals surface area contributed by atoms with Crippen LogP contribution < -0.4 is 5.73 Å². The highest BCUT2D eigenvalue weighted by atomic mass is 15.2. The molecular formula is C17H29N3. The number of hydrogen-bond donors (Lipinski definition) is 1. The zero-order valence-corrected chi connectivity index (χ0v) is 12.6. The van der Waals surface area contributed by atoms with Gasteiger partial charge in [0, 0.05) is 26.2 Å². The summed E-state index contributed by atoms with van der Waals surface area (Å²) in [4.78, 5) is 5.13. The predicted molar refractivity (Wildman–Crippen MR) is 85.9 cm³/mol. The molecule has 2 N–H and O–H groups in total. The molecule has 0 radical (unpaired) electrons. The molecule has 1 saturated heterocycles. The molecule has 0 atom stereocenters. The van der Waals surface area contributed by atoms with Crippen LogP contribution in [0.3, 0.4) is 0 Å². The third-order valence-corrected chi connectivity index (χ3v) is 4.16. The summed E-state index contributed by atoms with van der Waals surface area (Å²) in [7, 11) is 0. The van der Waals surface area contributed by atoms with Crippen molar-refractivity contribution < 1.29 is 0 Å². The molecule has 0 amide bonds. The van der Waals surface area contributed by atoms with Crippen LogP contribution in [0.4, 0.5) is 0 Å². The monoisotopic (exact) mass is 275 g/mol. The van der Waals surface area contributed by atoms with E-state index >= 15 is 0 Å². The minimum absolute atomic E-state index is 0.789. The molecule has 1 aromatic rings. The second-order valence-corrected chi connectivity index (χ2v) is 5.77. The molecule has 3 heteroatoms. The van der Waals surface area contributed by atoms with Crippen LogP contribution >= 0.6 is 0 Å². The summed E-state index contributed by atoms with van der Waals surface area (Å²) in [6.07, 6.45) is 5.12. The Kier molecular flexibility index (Phi) is 7.06. The van der Waals surface area contributed by atoms with Gasteiger partial charge in [0.05, 0.1) is 0 Å². The van der Waals surface area contributed by atoms with Crippen LogP contribution in [0, 0.1) is 0 Å². The Morgan fingerprint density at radius 2 is 1.55 bits per heavy atom.